The van der Waals surface area contributed by atoms with Crippen molar-refractivity contribution in [1.82, 2.24) is 0 Å². The number of hydrogen-bond donors (Lipinski definition) is 0. The van der Waals surface area contributed by atoms with E-state index in [0.717, 1.165) is 25.7 Å². The van der Waals surface area contributed by atoms with Crippen LogP contribution < -0.4 is 0 Å². The summed E-state index contributed by atoms with van der Waals surface area (Å²) in [5.41, 5.74) is -1.15. The maximum atomic E-state index is 11.9. The van der Waals surface area contributed by atoms with Crippen LogP contribution in [0.4, 0.5) is 0 Å². The fourth-order valence-electron chi connectivity index (χ4n) is 1.73. The predicted molar refractivity (Wildman–Crippen MR) is 69.0 cm³/mol. The minimum Gasteiger partial charge on any atom is -0.465 e. The Kier molecular flexibility index (Phi) is 8.23. The zero-order valence-electron chi connectivity index (χ0n) is 11.1. The van der Waals surface area contributed by atoms with Crippen LogP contribution in [0.2, 0.25) is 0 Å². The van der Waals surface area contributed by atoms with Gasteiger partial charge in [-0.15, -0.1) is 0 Å². The SMILES string of the molecule is CCCCCCOC(=O)C(CC)(CC)C(=O)Cl. The van der Waals surface area contributed by atoms with Gasteiger partial charge in [0.25, 0.3) is 0 Å². The van der Waals surface area contributed by atoms with Gasteiger partial charge < -0.3 is 4.74 Å². The molecule has 0 aliphatic carbocycles. The molecule has 0 atom stereocenters. The van der Waals surface area contributed by atoms with Gasteiger partial charge in [-0.1, -0.05) is 40.0 Å². The number of carbonyl (C=O) groups is 2. The van der Waals surface area contributed by atoms with Crippen molar-refractivity contribution in [2.24, 2.45) is 5.41 Å². The van der Waals surface area contributed by atoms with E-state index in [1.165, 1.54) is 0 Å². The first-order chi connectivity index (χ1) is 8.05. The Morgan fingerprint density at radius 1 is 1.06 bits per heavy atom. The molecular formula is C13H23ClO3. The second kappa shape index (κ2) is 8.51. The maximum Gasteiger partial charge on any atom is 0.320 e. The Bertz CT molecular complexity index is 247. The Morgan fingerprint density at radius 3 is 2.06 bits per heavy atom. The lowest BCUT2D eigenvalue weighted by Gasteiger charge is -2.24. The monoisotopic (exact) mass is 262 g/mol. The third-order valence-corrected chi connectivity index (χ3v) is 3.57. The number of esters is 1. The van der Waals surface area contributed by atoms with Crippen molar-refractivity contribution in [2.75, 3.05) is 6.61 Å². The Labute approximate surface area is 109 Å². The van der Waals surface area contributed by atoms with Crippen LogP contribution >= 0.6 is 11.6 Å². The van der Waals surface area contributed by atoms with E-state index in [0.29, 0.717) is 19.4 Å². The molecule has 3 nitrogen and oxygen atoms in total. The molecule has 0 fully saturated rings. The molecule has 17 heavy (non-hydrogen) atoms. The molecule has 100 valence electrons. The first kappa shape index (κ1) is 16.4. The van der Waals surface area contributed by atoms with E-state index in [4.69, 9.17) is 16.3 Å². The highest BCUT2D eigenvalue weighted by Gasteiger charge is 2.43. The zero-order chi connectivity index (χ0) is 13.3. The number of ether oxygens (including phenoxy) is 1. The van der Waals surface area contributed by atoms with Gasteiger partial charge in [0.05, 0.1) is 6.61 Å². The van der Waals surface area contributed by atoms with Crippen molar-refractivity contribution in [2.45, 2.75) is 59.3 Å². The highest BCUT2D eigenvalue weighted by atomic mass is 35.5. The normalized spacial score (nSPS) is 11.3. The van der Waals surface area contributed by atoms with E-state index in [-0.39, 0.29) is 0 Å². The van der Waals surface area contributed by atoms with Gasteiger partial charge in [-0.2, -0.15) is 0 Å². The third kappa shape index (κ3) is 4.66. The van der Waals surface area contributed by atoms with E-state index in [9.17, 15) is 9.59 Å². The largest absolute Gasteiger partial charge is 0.465 e. The van der Waals surface area contributed by atoms with Gasteiger partial charge in [0, 0.05) is 0 Å². The van der Waals surface area contributed by atoms with Gasteiger partial charge in [-0.25, -0.2) is 0 Å². The van der Waals surface area contributed by atoms with Crippen LogP contribution in [0, 0.1) is 5.41 Å². The Hall–Kier alpha value is -0.570. The minimum atomic E-state index is -1.15. The van der Waals surface area contributed by atoms with Crippen molar-refractivity contribution >= 4 is 22.8 Å². The molecule has 0 spiro atoms. The molecule has 0 aliphatic heterocycles. The molecule has 0 aliphatic rings. The van der Waals surface area contributed by atoms with Crippen LogP contribution in [0.25, 0.3) is 0 Å². The first-order valence-corrected chi connectivity index (χ1v) is 6.80. The lowest BCUT2D eigenvalue weighted by molar-refractivity contribution is -0.159. The van der Waals surface area contributed by atoms with Crippen molar-refractivity contribution < 1.29 is 14.3 Å². The summed E-state index contributed by atoms with van der Waals surface area (Å²) in [4.78, 5) is 23.2. The lowest BCUT2D eigenvalue weighted by Crippen LogP contribution is -2.37. The summed E-state index contributed by atoms with van der Waals surface area (Å²) < 4.78 is 5.15. The Balaban J connectivity index is 4.21. The molecule has 0 saturated carbocycles. The topological polar surface area (TPSA) is 43.4 Å². The molecule has 0 amide bonds. The Morgan fingerprint density at radius 2 is 1.65 bits per heavy atom. The molecule has 0 aromatic heterocycles. The van der Waals surface area contributed by atoms with Crippen LogP contribution in [0.5, 0.6) is 0 Å². The molecular weight excluding hydrogens is 240 g/mol. The molecule has 0 aromatic rings. The quantitative estimate of drug-likeness (QED) is 0.276. The van der Waals surface area contributed by atoms with Crippen molar-refractivity contribution in [3.05, 3.63) is 0 Å². The van der Waals surface area contributed by atoms with Crippen LogP contribution in [0.1, 0.15) is 59.3 Å². The first-order valence-electron chi connectivity index (χ1n) is 6.42. The molecule has 0 radical (unpaired) electrons. The second-order valence-corrected chi connectivity index (χ2v) is 4.60. The minimum absolute atomic E-state index is 0.380. The van der Waals surface area contributed by atoms with E-state index in [2.05, 4.69) is 6.92 Å². The van der Waals surface area contributed by atoms with E-state index in [1.54, 1.807) is 13.8 Å². The van der Waals surface area contributed by atoms with Crippen molar-refractivity contribution in [1.29, 1.82) is 0 Å². The molecule has 4 heteroatoms. The maximum absolute atomic E-state index is 11.9. The van der Waals surface area contributed by atoms with Gasteiger partial charge >= 0.3 is 5.97 Å². The molecule has 0 aromatic carbocycles. The van der Waals surface area contributed by atoms with Crippen LogP contribution in [0.3, 0.4) is 0 Å². The van der Waals surface area contributed by atoms with Gasteiger partial charge in [-0.3, -0.25) is 9.59 Å². The van der Waals surface area contributed by atoms with Crippen LogP contribution in [0.15, 0.2) is 0 Å². The molecule has 0 heterocycles. The predicted octanol–water partition coefficient (Wildman–Crippen LogP) is 3.68. The highest BCUT2D eigenvalue weighted by Crippen LogP contribution is 2.31. The van der Waals surface area contributed by atoms with Crippen LogP contribution in [-0.2, 0) is 14.3 Å². The van der Waals surface area contributed by atoms with E-state index < -0.39 is 16.6 Å². The standard InChI is InChI=1S/C13H23ClO3/c1-4-7-8-9-10-17-12(16)13(5-2,6-3)11(14)15/h4-10H2,1-3H3. The fraction of sp³-hybridized carbons (Fsp3) is 0.846. The molecule has 0 bridgehead atoms. The number of carbonyl (C=O) groups excluding carboxylic acids is 2. The summed E-state index contributed by atoms with van der Waals surface area (Å²) in [6, 6.07) is 0. The molecule has 0 saturated heterocycles. The number of rotatable bonds is 9. The smallest absolute Gasteiger partial charge is 0.320 e. The number of unbranched alkanes of at least 4 members (excludes halogenated alkanes) is 3. The number of hydrogen-bond acceptors (Lipinski definition) is 3. The van der Waals surface area contributed by atoms with Crippen molar-refractivity contribution in [3.8, 4) is 0 Å². The van der Waals surface area contributed by atoms with Gasteiger partial charge in [0.2, 0.25) is 5.24 Å². The number of halogens is 1. The summed E-state index contributed by atoms with van der Waals surface area (Å²) in [5.74, 6) is -0.473. The fourth-order valence-corrected chi connectivity index (χ4v) is 2.07. The van der Waals surface area contributed by atoms with Gasteiger partial charge in [0.1, 0.15) is 5.41 Å². The van der Waals surface area contributed by atoms with E-state index >= 15 is 0 Å². The lowest BCUT2D eigenvalue weighted by atomic mass is 9.84. The van der Waals surface area contributed by atoms with Gasteiger partial charge in [0.15, 0.2) is 0 Å². The van der Waals surface area contributed by atoms with Gasteiger partial charge in [-0.05, 0) is 30.9 Å². The molecule has 0 unspecified atom stereocenters. The van der Waals surface area contributed by atoms with Crippen LogP contribution in [-0.4, -0.2) is 17.8 Å². The summed E-state index contributed by atoms with van der Waals surface area (Å²) >= 11 is 5.52. The summed E-state index contributed by atoms with van der Waals surface area (Å²) in [6.45, 7) is 6.06. The second-order valence-electron chi connectivity index (χ2n) is 4.26. The zero-order valence-corrected chi connectivity index (χ0v) is 11.8. The average molecular weight is 263 g/mol. The summed E-state index contributed by atoms with van der Waals surface area (Å²) in [5, 5.41) is -0.610. The molecule has 0 rings (SSSR count). The summed E-state index contributed by atoms with van der Waals surface area (Å²) in [7, 11) is 0. The highest BCUT2D eigenvalue weighted by molar-refractivity contribution is 6.66. The molecule has 0 N–H and O–H groups in total. The average Bonchev–Trinajstić information content (AvgIpc) is 2.30. The summed E-state index contributed by atoms with van der Waals surface area (Å²) in [6.07, 6.45) is 4.95. The third-order valence-electron chi connectivity index (χ3n) is 3.21. The van der Waals surface area contributed by atoms with E-state index in [1.807, 2.05) is 0 Å². The van der Waals surface area contributed by atoms with Crippen molar-refractivity contribution in [3.63, 3.8) is 0 Å².